The van der Waals surface area contributed by atoms with Crippen molar-refractivity contribution in [1.29, 1.82) is 0 Å². The molecule has 1 unspecified atom stereocenters. The first kappa shape index (κ1) is 16.0. The van der Waals surface area contributed by atoms with Gasteiger partial charge >= 0.3 is 0 Å². The summed E-state index contributed by atoms with van der Waals surface area (Å²) in [7, 11) is 3.63. The highest BCUT2D eigenvalue weighted by Crippen LogP contribution is 2.32. The van der Waals surface area contributed by atoms with E-state index in [0.717, 1.165) is 27.1 Å². The van der Waals surface area contributed by atoms with Crippen LogP contribution >= 0.6 is 15.9 Å². The average Bonchev–Trinajstić information content (AvgIpc) is 2.47. The van der Waals surface area contributed by atoms with Gasteiger partial charge in [-0.1, -0.05) is 34.1 Å². The number of methoxy groups -OCH3 is 1. The van der Waals surface area contributed by atoms with Gasteiger partial charge in [-0.25, -0.2) is 0 Å². The molecule has 0 spiro atoms. The van der Waals surface area contributed by atoms with Gasteiger partial charge < -0.3 is 14.8 Å². The summed E-state index contributed by atoms with van der Waals surface area (Å²) < 4.78 is 12.2. The van der Waals surface area contributed by atoms with Crippen LogP contribution in [0.2, 0.25) is 0 Å². The average molecular weight is 350 g/mol. The van der Waals surface area contributed by atoms with E-state index in [2.05, 4.69) is 34.2 Å². The van der Waals surface area contributed by atoms with Crippen molar-refractivity contribution in [3.8, 4) is 11.5 Å². The molecule has 0 fully saturated rings. The molecule has 2 aromatic carbocycles. The number of ether oxygens (including phenoxy) is 2. The summed E-state index contributed by atoms with van der Waals surface area (Å²) in [5.41, 5.74) is 2.21. The van der Waals surface area contributed by atoms with Crippen LogP contribution in [0.15, 0.2) is 46.9 Å². The van der Waals surface area contributed by atoms with Crippen molar-refractivity contribution in [3.05, 3.63) is 58.1 Å². The van der Waals surface area contributed by atoms with Crippen molar-refractivity contribution in [2.45, 2.75) is 19.6 Å². The SMILES string of the molecule is CNC(C)c1ccc(Br)cc1Oc1cccc(COC)c1. The van der Waals surface area contributed by atoms with Gasteiger partial charge in [0, 0.05) is 23.2 Å². The molecule has 0 aliphatic rings. The number of hydrogen-bond acceptors (Lipinski definition) is 3. The van der Waals surface area contributed by atoms with Crippen molar-refractivity contribution < 1.29 is 9.47 Å². The van der Waals surface area contributed by atoms with Crippen molar-refractivity contribution in [1.82, 2.24) is 5.32 Å². The topological polar surface area (TPSA) is 30.5 Å². The Bertz CT molecular complexity index is 601. The predicted octanol–water partition coefficient (Wildman–Crippen LogP) is 4.67. The Hall–Kier alpha value is -1.36. The Labute approximate surface area is 134 Å². The van der Waals surface area contributed by atoms with Gasteiger partial charge in [0.15, 0.2) is 0 Å². The first-order chi connectivity index (χ1) is 10.1. The molecular weight excluding hydrogens is 330 g/mol. The Morgan fingerprint density at radius 2 is 2.00 bits per heavy atom. The molecule has 2 aromatic rings. The summed E-state index contributed by atoms with van der Waals surface area (Å²) in [5, 5.41) is 3.24. The molecule has 0 bridgehead atoms. The Morgan fingerprint density at radius 3 is 2.71 bits per heavy atom. The van der Waals surface area contributed by atoms with Gasteiger partial charge in [-0.3, -0.25) is 0 Å². The zero-order valence-electron chi connectivity index (χ0n) is 12.5. The summed E-state index contributed by atoms with van der Waals surface area (Å²) in [6, 6.07) is 14.3. The van der Waals surface area contributed by atoms with E-state index in [-0.39, 0.29) is 6.04 Å². The van der Waals surface area contributed by atoms with E-state index in [4.69, 9.17) is 9.47 Å². The third-order valence-electron chi connectivity index (χ3n) is 3.31. The maximum absolute atomic E-state index is 6.07. The van der Waals surface area contributed by atoms with Gasteiger partial charge in [-0.15, -0.1) is 0 Å². The van der Waals surface area contributed by atoms with Crippen LogP contribution in [0.5, 0.6) is 11.5 Å². The van der Waals surface area contributed by atoms with Gasteiger partial charge in [0.2, 0.25) is 0 Å². The molecule has 21 heavy (non-hydrogen) atoms. The van der Waals surface area contributed by atoms with Gasteiger partial charge in [0.05, 0.1) is 6.61 Å². The number of rotatable bonds is 6. The third-order valence-corrected chi connectivity index (χ3v) is 3.81. The fourth-order valence-corrected chi connectivity index (χ4v) is 2.44. The number of hydrogen-bond donors (Lipinski definition) is 1. The second kappa shape index (κ2) is 7.59. The lowest BCUT2D eigenvalue weighted by atomic mass is 10.1. The quantitative estimate of drug-likeness (QED) is 0.821. The molecule has 3 nitrogen and oxygen atoms in total. The fourth-order valence-electron chi connectivity index (χ4n) is 2.10. The molecule has 2 rings (SSSR count). The predicted molar refractivity (Wildman–Crippen MR) is 88.8 cm³/mol. The van der Waals surface area contributed by atoms with Gasteiger partial charge in [-0.2, -0.15) is 0 Å². The monoisotopic (exact) mass is 349 g/mol. The number of benzene rings is 2. The lowest BCUT2D eigenvalue weighted by molar-refractivity contribution is 0.184. The van der Waals surface area contributed by atoms with E-state index in [0.29, 0.717) is 6.61 Å². The highest BCUT2D eigenvalue weighted by Gasteiger charge is 2.11. The molecule has 1 N–H and O–H groups in total. The van der Waals surface area contributed by atoms with E-state index >= 15 is 0 Å². The summed E-state index contributed by atoms with van der Waals surface area (Å²) >= 11 is 3.50. The van der Waals surface area contributed by atoms with Crippen LogP contribution in [0.25, 0.3) is 0 Å². The second-order valence-corrected chi connectivity index (χ2v) is 5.79. The highest BCUT2D eigenvalue weighted by atomic mass is 79.9. The molecule has 0 radical (unpaired) electrons. The van der Waals surface area contributed by atoms with Gasteiger partial charge in [0.25, 0.3) is 0 Å². The van der Waals surface area contributed by atoms with Crippen LogP contribution in [0.4, 0.5) is 0 Å². The normalized spacial score (nSPS) is 12.2. The minimum atomic E-state index is 0.218. The first-order valence-electron chi connectivity index (χ1n) is 6.86. The molecule has 0 heterocycles. The Morgan fingerprint density at radius 1 is 1.19 bits per heavy atom. The first-order valence-corrected chi connectivity index (χ1v) is 7.65. The van der Waals surface area contributed by atoms with E-state index in [1.54, 1.807) is 7.11 Å². The van der Waals surface area contributed by atoms with Crippen molar-refractivity contribution in [2.24, 2.45) is 0 Å². The fraction of sp³-hybridized carbons (Fsp3) is 0.294. The molecule has 112 valence electrons. The van der Waals surface area contributed by atoms with Gasteiger partial charge in [0.1, 0.15) is 11.5 Å². The minimum absolute atomic E-state index is 0.218. The van der Waals surface area contributed by atoms with E-state index < -0.39 is 0 Å². The van der Waals surface area contributed by atoms with E-state index in [1.165, 1.54) is 0 Å². The maximum Gasteiger partial charge on any atom is 0.133 e. The smallest absolute Gasteiger partial charge is 0.133 e. The molecule has 0 saturated heterocycles. The largest absolute Gasteiger partial charge is 0.457 e. The number of halogens is 1. The maximum atomic E-state index is 6.07. The molecule has 0 aliphatic carbocycles. The minimum Gasteiger partial charge on any atom is -0.457 e. The summed E-state index contributed by atoms with van der Waals surface area (Å²) in [6.07, 6.45) is 0. The third kappa shape index (κ3) is 4.30. The van der Waals surface area contributed by atoms with Crippen molar-refractivity contribution in [2.75, 3.05) is 14.2 Å². The van der Waals surface area contributed by atoms with Crippen LogP contribution < -0.4 is 10.1 Å². The highest BCUT2D eigenvalue weighted by molar-refractivity contribution is 9.10. The number of nitrogens with one attached hydrogen (secondary N) is 1. The van der Waals surface area contributed by atoms with E-state index in [1.807, 2.05) is 43.4 Å². The van der Waals surface area contributed by atoms with Crippen LogP contribution in [0, 0.1) is 0 Å². The van der Waals surface area contributed by atoms with Crippen LogP contribution in [-0.4, -0.2) is 14.2 Å². The summed E-state index contributed by atoms with van der Waals surface area (Å²) in [6.45, 7) is 2.69. The molecule has 0 aromatic heterocycles. The molecule has 0 saturated carbocycles. The lowest BCUT2D eigenvalue weighted by Gasteiger charge is -2.17. The van der Waals surface area contributed by atoms with E-state index in [9.17, 15) is 0 Å². The molecule has 1 atom stereocenters. The summed E-state index contributed by atoms with van der Waals surface area (Å²) in [5.74, 6) is 1.66. The zero-order chi connectivity index (χ0) is 15.2. The molecule has 4 heteroatoms. The second-order valence-electron chi connectivity index (χ2n) is 4.87. The standard InChI is InChI=1S/C17H20BrNO2/c1-12(19-2)16-8-7-14(18)10-17(16)21-15-6-4-5-13(9-15)11-20-3/h4-10,12,19H,11H2,1-3H3. The van der Waals surface area contributed by atoms with Gasteiger partial charge in [-0.05, 0) is 43.8 Å². The Balaban J connectivity index is 2.29. The summed E-state index contributed by atoms with van der Waals surface area (Å²) in [4.78, 5) is 0. The molecular formula is C17H20BrNO2. The van der Waals surface area contributed by atoms with Crippen LogP contribution in [0.3, 0.4) is 0 Å². The van der Waals surface area contributed by atoms with Crippen LogP contribution in [-0.2, 0) is 11.3 Å². The van der Waals surface area contributed by atoms with Crippen molar-refractivity contribution in [3.63, 3.8) is 0 Å². The molecule has 0 amide bonds. The zero-order valence-corrected chi connectivity index (χ0v) is 14.1. The lowest BCUT2D eigenvalue weighted by Crippen LogP contribution is -2.13. The Kier molecular flexibility index (Phi) is 5.79. The van der Waals surface area contributed by atoms with Crippen molar-refractivity contribution >= 4 is 15.9 Å². The van der Waals surface area contributed by atoms with Crippen LogP contribution in [0.1, 0.15) is 24.1 Å². The molecule has 0 aliphatic heterocycles.